The van der Waals surface area contributed by atoms with Gasteiger partial charge in [-0.2, -0.15) is 0 Å². The lowest BCUT2D eigenvalue weighted by molar-refractivity contribution is 0.660. The van der Waals surface area contributed by atoms with Gasteiger partial charge >= 0.3 is 0 Å². The predicted octanol–water partition coefficient (Wildman–Crippen LogP) is 19.9. The Bertz CT molecular complexity index is 5310. The third-order valence-electron chi connectivity index (χ3n) is 18.9. The van der Waals surface area contributed by atoms with Crippen molar-refractivity contribution in [2.75, 3.05) is 9.80 Å². The first-order valence-electron chi connectivity index (χ1n) is 30.2. The van der Waals surface area contributed by atoms with E-state index in [-0.39, 0.29) is 0 Å². The van der Waals surface area contributed by atoms with Crippen molar-refractivity contribution < 1.29 is 8.83 Å². The number of anilines is 6. The molecule has 1 aliphatic carbocycles. The van der Waals surface area contributed by atoms with Crippen LogP contribution in [-0.2, 0) is 5.41 Å². The Morgan fingerprint density at radius 2 is 0.736 bits per heavy atom. The summed E-state index contributed by atoms with van der Waals surface area (Å²) in [5.41, 5.74) is 15.5. The molecule has 0 bridgehead atoms. The molecule has 0 fully saturated rings. The van der Waals surface area contributed by atoms with E-state index >= 15 is 0 Å². The Balaban J connectivity index is 0.891. The van der Waals surface area contributed by atoms with Gasteiger partial charge in [0, 0.05) is 48.8 Å². The highest BCUT2D eigenvalue weighted by molar-refractivity contribution is 7.20. The second-order valence-electron chi connectivity index (χ2n) is 23.9. The summed E-state index contributed by atoms with van der Waals surface area (Å²) >= 11 is 0. The molecule has 0 radical (unpaired) electrons. The highest BCUT2D eigenvalue weighted by Gasteiger charge is 2.44. The highest BCUT2D eigenvalue weighted by Crippen LogP contribution is 2.57. The normalized spacial score (nSPS) is 12.9. The van der Waals surface area contributed by atoms with E-state index in [9.17, 15) is 0 Å². The molecule has 0 saturated heterocycles. The number of aryl methyl sites for hydroxylation is 1. The van der Waals surface area contributed by atoms with Crippen molar-refractivity contribution in [1.82, 2.24) is 0 Å². The van der Waals surface area contributed by atoms with Crippen LogP contribution in [0.15, 0.2) is 306 Å². The standard InChI is InChI=1S/C82H58N2O2Si/c1-53-25-19-40-64-65-41-23-47-74(80(65)85-78(53)64)84(72-45-21-29-55-27-14-16-37-61(55)72)75-52-70-77(63-39-18-17-38-62(63)75)68-50-49-56(51-69(68)82(70,2)3)83(71-44-20-28-54-26-13-15-36-60(54)71)73-46-22-42-66-67-43-24-48-76(81(67)86-79(66)73)87(57-30-7-4-8-31-57,58-32-9-5-10-33-58)59-34-11-6-12-35-59/h4-52H,1-3H3. The maximum absolute atomic E-state index is 7.72. The van der Waals surface area contributed by atoms with Crippen molar-refractivity contribution in [3.05, 3.63) is 314 Å². The minimum Gasteiger partial charge on any atom is -0.454 e. The minimum atomic E-state index is -3.01. The van der Waals surface area contributed by atoms with Gasteiger partial charge in [0.2, 0.25) is 0 Å². The average molecular weight is 1130 g/mol. The molecular formula is C82H58N2O2Si. The fraction of sp³-hybridized carbons (Fsp3) is 0.0488. The predicted molar refractivity (Wildman–Crippen MR) is 369 cm³/mol. The van der Waals surface area contributed by atoms with Crippen LogP contribution in [0, 0.1) is 6.92 Å². The van der Waals surface area contributed by atoms with Gasteiger partial charge in [-0.25, -0.2) is 0 Å². The third-order valence-corrected chi connectivity index (χ3v) is 23.7. The first-order chi connectivity index (χ1) is 42.9. The molecule has 87 heavy (non-hydrogen) atoms. The van der Waals surface area contributed by atoms with E-state index in [4.69, 9.17) is 8.83 Å². The van der Waals surface area contributed by atoms with Crippen LogP contribution < -0.4 is 30.5 Å². The molecule has 14 aromatic carbocycles. The van der Waals surface area contributed by atoms with Crippen LogP contribution in [0.3, 0.4) is 0 Å². The Morgan fingerprint density at radius 3 is 1.33 bits per heavy atom. The summed E-state index contributed by atoms with van der Waals surface area (Å²) in [7, 11) is -3.01. The van der Waals surface area contributed by atoms with Gasteiger partial charge in [-0.1, -0.05) is 269 Å². The number of para-hydroxylation sites is 4. The molecule has 0 atom stereocenters. The maximum Gasteiger partial charge on any atom is 0.184 e. The van der Waals surface area contributed by atoms with E-state index in [1.807, 2.05) is 0 Å². The fourth-order valence-corrected chi connectivity index (χ4v) is 19.8. The first-order valence-corrected chi connectivity index (χ1v) is 32.2. The molecule has 2 aromatic heterocycles. The van der Waals surface area contributed by atoms with Crippen molar-refractivity contribution in [1.29, 1.82) is 0 Å². The molecule has 16 aromatic rings. The SMILES string of the molecule is Cc1cccc2c1oc1c(N(c3cccc4ccccc34)c3cc4c(c5ccccc35)-c3ccc(N(c5cccc6ccccc56)c5cccc6c5oc5c([Si](c7ccccc7)(c7ccccc7)c7ccccc7)cccc56)cc3C4(C)C)cccc12. The van der Waals surface area contributed by atoms with Crippen LogP contribution in [0.25, 0.3) is 87.3 Å². The molecule has 0 aliphatic heterocycles. The lowest BCUT2D eigenvalue weighted by atomic mass is 9.81. The molecule has 0 N–H and O–H groups in total. The first kappa shape index (κ1) is 50.8. The summed E-state index contributed by atoms with van der Waals surface area (Å²) in [5.74, 6) is 0. The highest BCUT2D eigenvalue weighted by atomic mass is 28.3. The van der Waals surface area contributed by atoms with Crippen molar-refractivity contribution in [2.24, 2.45) is 0 Å². The summed E-state index contributed by atoms with van der Waals surface area (Å²) in [6.45, 7) is 6.96. The largest absolute Gasteiger partial charge is 0.454 e. The number of fused-ring (bicyclic) bond motifs is 13. The fourth-order valence-electron chi connectivity index (χ4n) is 14.9. The van der Waals surface area contributed by atoms with Gasteiger partial charge < -0.3 is 18.6 Å². The van der Waals surface area contributed by atoms with Crippen LogP contribution >= 0.6 is 0 Å². The van der Waals surface area contributed by atoms with Gasteiger partial charge in [-0.3, -0.25) is 0 Å². The Kier molecular flexibility index (Phi) is 11.5. The Labute approximate surface area is 506 Å². The van der Waals surface area contributed by atoms with E-state index in [0.717, 1.165) is 99.7 Å². The second kappa shape index (κ2) is 19.7. The van der Waals surface area contributed by atoms with Gasteiger partial charge in [0.25, 0.3) is 0 Å². The summed E-state index contributed by atoms with van der Waals surface area (Å²) < 4.78 is 14.8. The zero-order chi connectivity index (χ0) is 58.0. The molecular weight excluding hydrogens is 1070 g/mol. The van der Waals surface area contributed by atoms with Crippen molar-refractivity contribution in [3.63, 3.8) is 0 Å². The van der Waals surface area contributed by atoms with Crippen LogP contribution in [0.4, 0.5) is 34.1 Å². The van der Waals surface area contributed by atoms with Crippen LogP contribution in [0.5, 0.6) is 0 Å². The molecule has 0 amide bonds. The number of hydrogen-bond donors (Lipinski definition) is 0. The molecule has 5 heteroatoms. The second-order valence-corrected chi connectivity index (χ2v) is 27.7. The molecule has 0 spiro atoms. The van der Waals surface area contributed by atoms with Gasteiger partial charge in [-0.05, 0) is 114 Å². The molecule has 4 nitrogen and oxygen atoms in total. The van der Waals surface area contributed by atoms with E-state index in [1.54, 1.807) is 0 Å². The zero-order valence-electron chi connectivity index (χ0n) is 48.5. The monoisotopic (exact) mass is 1130 g/mol. The third kappa shape index (κ3) is 7.56. The number of nitrogens with zero attached hydrogens (tertiary/aromatic N) is 2. The maximum atomic E-state index is 7.72. The van der Waals surface area contributed by atoms with Crippen molar-refractivity contribution in [3.8, 4) is 11.1 Å². The Morgan fingerprint density at radius 1 is 0.310 bits per heavy atom. The molecule has 0 saturated carbocycles. The van der Waals surface area contributed by atoms with E-state index in [1.165, 1.54) is 59.2 Å². The van der Waals surface area contributed by atoms with Crippen molar-refractivity contribution >= 4 is 139 Å². The lowest BCUT2D eigenvalue weighted by Gasteiger charge is -2.34. The number of hydrogen-bond acceptors (Lipinski definition) is 4. The zero-order valence-corrected chi connectivity index (χ0v) is 49.5. The van der Waals surface area contributed by atoms with Crippen LogP contribution in [0.2, 0.25) is 0 Å². The molecule has 17 rings (SSSR count). The van der Waals surface area contributed by atoms with Crippen LogP contribution in [0.1, 0.15) is 30.5 Å². The average Bonchev–Trinajstić information content (AvgIpc) is 1.69. The Hall–Kier alpha value is -10.7. The van der Waals surface area contributed by atoms with Gasteiger partial charge in [0.15, 0.2) is 19.2 Å². The lowest BCUT2D eigenvalue weighted by Crippen LogP contribution is -2.74. The van der Waals surface area contributed by atoms with E-state index in [2.05, 4.69) is 328 Å². The van der Waals surface area contributed by atoms with Crippen LogP contribution in [-0.4, -0.2) is 8.07 Å². The van der Waals surface area contributed by atoms with Gasteiger partial charge in [0.05, 0.1) is 28.4 Å². The van der Waals surface area contributed by atoms with E-state index in [0.29, 0.717) is 0 Å². The topological polar surface area (TPSA) is 32.8 Å². The number of furan rings is 2. The van der Waals surface area contributed by atoms with E-state index < -0.39 is 13.5 Å². The van der Waals surface area contributed by atoms with Crippen molar-refractivity contribution in [2.45, 2.75) is 26.2 Å². The number of benzene rings is 14. The minimum absolute atomic E-state index is 0.447. The molecule has 2 heterocycles. The smallest absolute Gasteiger partial charge is 0.184 e. The van der Waals surface area contributed by atoms with Gasteiger partial charge in [-0.15, -0.1) is 0 Å². The number of rotatable bonds is 10. The summed E-state index contributed by atoms with van der Waals surface area (Å²) in [5, 5.41) is 16.5. The summed E-state index contributed by atoms with van der Waals surface area (Å²) in [6, 6.07) is 110. The molecule has 0 unspecified atom stereocenters. The summed E-state index contributed by atoms with van der Waals surface area (Å²) in [6.07, 6.45) is 0. The molecule has 412 valence electrons. The molecule has 1 aliphatic rings. The summed E-state index contributed by atoms with van der Waals surface area (Å²) in [4.78, 5) is 4.94. The van der Waals surface area contributed by atoms with Gasteiger partial charge in [0.1, 0.15) is 11.2 Å². The quantitative estimate of drug-likeness (QED) is 0.101.